The summed E-state index contributed by atoms with van der Waals surface area (Å²) in [5, 5.41) is 19.2. The average molecular weight is 355 g/mol. The maximum Gasteiger partial charge on any atom is 0.347 e. The monoisotopic (exact) mass is 355 g/mol. The fraction of sp³-hybridized carbons (Fsp3) is 0.143. The lowest BCUT2D eigenvalue weighted by Gasteiger charge is -2.06. The van der Waals surface area contributed by atoms with Crippen LogP contribution in [0.2, 0.25) is 0 Å². The first-order valence-corrected chi connectivity index (χ1v) is 8.80. The number of carboxylic acid groups (broad SMARTS) is 2. The number of sulfonamides is 1. The van der Waals surface area contributed by atoms with Crippen LogP contribution in [0.3, 0.4) is 0 Å². The lowest BCUT2D eigenvalue weighted by molar-refractivity contribution is 0.0687. The van der Waals surface area contributed by atoms with Crippen molar-refractivity contribution in [2.75, 3.05) is 6.54 Å². The van der Waals surface area contributed by atoms with E-state index in [1.807, 2.05) is 0 Å². The van der Waals surface area contributed by atoms with Gasteiger partial charge in [0.15, 0.2) is 0 Å². The second-order valence-electron chi connectivity index (χ2n) is 4.57. The van der Waals surface area contributed by atoms with Crippen molar-refractivity contribution in [2.24, 2.45) is 0 Å². The zero-order chi connectivity index (χ0) is 17.0. The van der Waals surface area contributed by atoms with Crippen molar-refractivity contribution in [3.05, 3.63) is 51.7 Å². The molecule has 7 nitrogen and oxygen atoms in total. The van der Waals surface area contributed by atoms with Gasteiger partial charge in [0.2, 0.25) is 10.0 Å². The Balaban J connectivity index is 2.01. The van der Waals surface area contributed by atoms with Crippen LogP contribution >= 0.6 is 11.3 Å². The third kappa shape index (κ3) is 4.15. The van der Waals surface area contributed by atoms with Crippen LogP contribution in [0.4, 0.5) is 0 Å². The number of thiophene rings is 1. The van der Waals surface area contributed by atoms with Gasteiger partial charge in [0.1, 0.15) is 9.77 Å². The summed E-state index contributed by atoms with van der Waals surface area (Å²) in [6, 6.07) is 7.33. The number of nitrogens with one attached hydrogen (secondary N) is 1. The third-order valence-electron chi connectivity index (χ3n) is 3.02. The number of carbonyl (C=O) groups is 2. The van der Waals surface area contributed by atoms with Gasteiger partial charge < -0.3 is 10.2 Å². The van der Waals surface area contributed by atoms with Crippen LogP contribution in [-0.4, -0.2) is 37.1 Å². The summed E-state index contributed by atoms with van der Waals surface area (Å²) in [5.41, 5.74) is 0.917. The molecule has 9 heteroatoms. The molecule has 0 aliphatic rings. The van der Waals surface area contributed by atoms with E-state index in [1.165, 1.54) is 23.6 Å². The van der Waals surface area contributed by atoms with Crippen LogP contribution in [0, 0.1) is 0 Å². The van der Waals surface area contributed by atoms with Crippen LogP contribution in [0.25, 0.3) is 0 Å². The van der Waals surface area contributed by atoms with Gasteiger partial charge in [-0.1, -0.05) is 12.1 Å². The molecule has 2 rings (SSSR count). The minimum atomic E-state index is -3.90. The Morgan fingerprint density at radius 3 is 2.26 bits per heavy atom. The lowest BCUT2D eigenvalue weighted by atomic mass is 10.1. The van der Waals surface area contributed by atoms with Gasteiger partial charge in [0.25, 0.3) is 0 Å². The summed E-state index contributed by atoms with van der Waals surface area (Å²) in [6.45, 7) is 0.0731. The largest absolute Gasteiger partial charge is 0.478 e. The molecule has 0 saturated heterocycles. The number of hydrogen-bond acceptors (Lipinski definition) is 5. The number of benzene rings is 1. The Kier molecular flexibility index (Phi) is 5.14. The second kappa shape index (κ2) is 6.90. The molecule has 0 aliphatic carbocycles. The quantitative estimate of drug-likeness (QED) is 0.695. The zero-order valence-electron chi connectivity index (χ0n) is 11.7. The molecule has 0 unspecified atom stereocenters. The molecule has 1 heterocycles. The smallest absolute Gasteiger partial charge is 0.347 e. The van der Waals surface area contributed by atoms with E-state index < -0.39 is 22.0 Å². The highest BCUT2D eigenvalue weighted by atomic mass is 32.2. The summed E-state index contributed by atoms with van der Waals surface area (Å²) in [6.07, 6.45) is 0.353. The third-order valence-corrected chi connectivity index (χ3v) is 5.55. The molecule has 0 spiro atoms. The van der Waals surface area contributed by atoms with Gasteiger partial charge in [-0.05, 0) is 35.6 Å². The van der Waals surface area contributed by atoms with E-state index in [4.69, 9.17) is 10.2 Å². The number of rotatable bonds is 7. The van der Waals surface area contributed by atoms with Gasteiger partial charge >= 0.3 is 11.9 Å². The molecule has 0 saturated carbocycles. The molecule has 0 bridgehead atoms. The molecule has 3 N–H and O–H groups in total. The maximum atomic E-state index is 12.1. The van der Waals surface area contributed by atoms with Gasteiger partial charge in [-0.25, -0.2) is 22.7 Å². The van der Waals surface area contributed by atoms with Crippen molar-refractivity contribution < 1.29 is 28.2 Å². The van der Waals surface area contributed by atoms with Crippen LogP contribution in [0.1, 0.15) is 25.6 Å². The van der Waals surface area contributed by atoms with Crippen LogP contribution < -0.4 is 4.72 Å². The van der Waals surface area contributed by atoms with Gasteiger partial charge in [0, 0.05) is 6.54 Å². The fourth-order valence-corrected chi connectivity index (χ4v) is 4.18. The lowest BCUT2D eigenvalue weighted by Crippen LogP contribution is -2.26. The van der Waals surface area contributed by atoms with Gasteiger partial charge in [-0.3, -0.25) is 0 Å². The van der Waals surface area contributed by atoms with Crippen molar-refractivity contribution in [3.8, 4) is 0 Å². The van der Waals surface area contributed by atoms with Crippen molar-refractivity contribution >= 4 is 33.3 Å². The van der Waals surface area contributed by atoms with E-state index in [0.29, 0.717) is 6.42 Å². The molecule has 2 aromatic rings. The van der Waals surface area contributed by atoms with Crippen LogP contribution in [0.15, 0.2) is 40.6 Å². The minimum absolute atomic E-state index is 0.0731. The second-order valence-corrected chi connectivity index (χ2v) is 7.22. The van der Waals surface area contributed by atoms with Crippen LogP contribution in [-0.2, 0) is 16.4 Å². The summed E-state index contributed by atoms with van der Waals surface area (Å²) in [7, 11) is -3.90. The minimum Gasteiger partial charge on any atom is -0.478 e. The molecular weight excluding hydrogens is 342 g/mol. The highest BCUT2D eigenvalue weighted by Gasteiger charge is 2.23. The van der Waals surface area contributed by atoms with Crippen molar-refractivity contribution in [3.63, 3.8) is 0 Å². The standard InChI is InChI=1S/C14H13NO6S2/c16-13(17)10-3-1-9(2-4-10)5-7-15-23(20,21)11-6-8-22-12(11)14(18)19/h1-4,6,8,15H,5,7H2,(H,16,17)(H,18,19). The topological polar surface area (TPSA) is 121 Å². The van der Waals surface area contributed by atoms with E-state index in [9.17, 15) is 18.0 Å². The number of hydrogen-bond donors (Lipinski definition) is 3. The average Bonchev–Trinajstić information content (AvgIpc) is 2.98. The molecule has 1 aromatic heterocycles. The normalized spacial score (nSPS) is 11.3. The molecule has 0 amide bonds. The van der Waals surface area contributed by atoms with Gasteiger partial charge in [0.05, 0.1) is 5.56 Å². The highest BCUT2D eigenvalue weighted by molar-refractivity contribution is 7.89. The fourth-order valence-electron chi connectivity index (χ4n) is 1.89. The highest BCUT2D eigenvalue weighted by Crippen LogP contribution is 2.21. The molecule has 0 fully saturated rings. The Morgan fingerprint density at radius 2 is 1.70 bits per heavy atom. The zero-order valence-corrected chi connectivity index (χ0v) is 13.4. The molecule has 0 radical (unpaired) electrons. The van der Waals surface area contributed by atoms with Crippen molar-refractivity contribution in [1.82, 2.24) is 4.72 Å². The Labute approximate surface area is 136 Å². The Hall–Kier alpha value is -2.23. The Bertz CT molecular complexity index is 823. The molecule has 23 heavy (non-hydrogen) atoms. The molecule has 0 atom stereocenters. The predicted molar refractivity (Wildman–Crippen MR) is 83.6 cm³/mol. The summed E-state index contributed by atoms with van der Waals surface area (Å²) in [5.74, 6) is -2.32. The molecule has 122 valence electrons. The van der Waals surface area contributed by atoms with Crippen LogP contribution in [0.5, 0.6) is 0 Å². The molecular formula is C14H13NO6S2. The summed E-state index contributed by atoms with van der Waals surface area (Å²) in [4.78, 5) is 21.2. The van der Waals surface area contributed by atoms with Gasteiger partial charge in [-0.15, -0.1) is 11.3 Å². The first-order valence-electron chi connectivity index (χ1n) is 6.44. The van der Waals surface area contributed by atoms with E-state index in [1.54, 1.807) is 12.1 Å². The molecule has 1 aromatic carbocycles. The Morgan fingerprint density at radius 1 is 1.04 bits per heavy atom. The van der Waals surface area contributed by atoms with E-state index in [0.717, 1.165) is 16.9 Å². The van der Waals surface area contributed by atoms with E-state index >= 15 is 0 Å². The van der Waals surface area contributed by atoms with Crippen molar-refractivity contribution in [2.45, 2.75) is 11.3 Å². The van der Waals surface area contributed by atoms with Crippen molar-refractivity contribution in [1.29, 1.82) is 0 Å². The summed E-state index contributed by atoms with van der Waals surface area (Å²) < 4.78 is 26.6. The maximum absolute atomic E-state index is 12.1. The first-order chi connectivity index (χ1) is 10.8. The number of carboxylic acids is 2. The number of aromatic carboxylic acids is 2. The van der Waals surface area contributed by atoms with Gasteiger partial charge in [-0.2, -0.15) is 0 Å². The summed E-state index contributed by atoms with van der Waals surface area (Å²) >= 11 is 0.844. The first kappa shape index (κ1) is 17.1. The predicted octanol–water partition coefficient (Wildman–Crippen LogP) is 1.67. The SMILES string of the molecule is O=C(O)c1ccc(CCNS(=O)(=O)c2ccsc2C(=O)O)cc1. The molecule has 0 aliphatic heterocycles. The van der Waals surface area contributed by atoms with E-state index in [-0.39, 0.29) is 21.9 Å². The van der Waals surface area contributed by atoms with E-state index in [2.05, 4.69) is 4.72 Å².